The summed E-state index contributed by atoms with van der Waals surface area (Å²) in [5.41, 5.74) is 5.46. The predicted octanol–water partition coefficient (Wildman–Crippen LogP) is 10.2. The largest absolute Gasteiger partial charge is 0.480 e. The highest BCUT2D eigenvalue weighted by molar-refractivity contribution is 5.83. The zero-order valence-electron chi connectivity index (χ0n) is 30.6. The number of allylic oxidation sites excluding steroid dienone is 9. The molecule has 0 aliphatic heterocycles. The number of unbranched alkanes of at least 4 members (excludes halogenated alkanes) is 11. The number of nitrogens with one attached hydrogen (secondary N) is 1. The molecule has 0 aromatic heterocycles. The highest BCUT2D eigenvalue weighted by Gasteiger charge is 2.19. The summed E-state index contributed by atoms with van der Waals surface area (Å²) < 4.78 is 5.86. The average molecular weight is 671 g/mol. The van der Waals surface area contributed by atoms with Crippen LogP contribution < -0.4 is 11.1 Å². The van der Waals surface area contributed by atoms with Crippen molar-refractivity contribution < 1.29 is 24.2 Å². The van der Waals surface area contributed by atoms with Crippen molar-refractivity contribution in [3.05, 3.63) is 60.8 Å². The molecule has 0 radical (unpaired) electrons. The Kier molecular flexibility index (Phi) is 33.2. The summed E-state index contributed by atoms with van der Waals surface area (Å²) in [6.45, 7) is 4.71. The van der Waals surface area contributed by atoms with Gasteiger partial charge in [-0.15, -0.1) is 0 Å². The van der Waals surface area contributed by atoms with E-state index in [4.69, 9.17) is 10.5 Å². The summed E-state index contributed by atoms with van der Waals surface area (Å²) in [7, 11) is 0. The number of rotatable bonds is 33. The summed E-state index contributed by atoms with van der Waals surface area (Å²) in [5.74, 6) is -1.38. The van der Waals surface area contributed by atoms with E-state index in [9.17, 15) is 19.5 Å². The van der Waals surface area contributed by atoms with Crippen molar-refractivity contribution in [2.24, 2.45) is 5.73 Å². The lowest BCUT2D eigenvalue weighted by Crippen LogP contribution is -2.40. The average Bonchev–Trinajstić information content (AvgIpc) is 3.07. The summed E-state index contributed by atoms with van der Waals surface area (Å²) >= 11 is 0. The van der Waals surface area contributed by atoms with E-state index in [1.165, 1.54) is 25.7 Å². The number of aliphatic carboxylic acids is 1. The third kappa shape index (κ3) is 31.7. The van der Waals surface area contributed by atoms with E-state index in [2.05, 4.69) is 73.8 Å². The molecule has 1 amide bonds. The second-order valence-corrected chi connectivity index (χ2v) is 12.6. The van der Waals surface area contributed by atoms with Gasteiger partial charge < -0.3 is 20.9 Å². The minimum absolute atomic E-state index is 0.121. The third-order valence-electron chi connectivity index (χ3n) is 8.03. The van der Waals surface area contributed by atoms with Crippen LogP contribution in [0.25, 0.3) is 0 Å². The van der Waals surface area contributed by atoms with Gasteiger partial charge in [0.15, 0.2) is 0 Å². The van der Waals surface area contributed by atoms with E-state index in [0.717, 1.165) is 89.9 Å². The Bertz CT molecular complexity index is 937. The minimum atomic E-state index is -1.02. The van der Waals surface area contributed by atoms with Crippen molar-refractivity contribution >= 4 is 17.8 Å². The number of hydrogen-bond acceptors (Lipinski definition) is 5. The smallest absolute Gasteiger partial charge is 0.326 e. The molecule has 0 fully saturated rings. The third-order valence-corrected chi connectivity index (χ3v) is 8.03. The monoisotopic (exact) mass is 671 g/mol. The maximum absolute atomic E-state index is 12.6. The minimum Gasteiger partial charge on any atom is -0.480 e. The Morgan fingerprint density at radius 2 is 1.21 bits per heavy atom. The molecule has 0 bridgehead atoms. The molecule has 7 heteroatoms. The molecule has 0 aromatic carbocycles. The van der Waals surface area contributed by atoms with Gasteiger partial charge in [-0.1, -0.05) is 120 Å². The number of ether oxygens (including phenoxy) is 1. The van der Waals surface area contributed by atoms with E-state index in [1.54, 1.807) is 0 Å². The maximum atomic E-state index is 12.6. The van der Waals surface area contributed by atoms with E-state index < -0.39 is 12.0 Å². The molecule has 4 N–H and O–H groups in total. The molecule has 2 atom stereocenters. The lowest BCUT2D eigenvalue weighted by molar-refractivity contribution is -0.147. The Morgan fingerprint density at radius 3 is 1.85 bits per heavy atom. The molecule has 0 rings (SSSR count). The molecule has 0 spiro atoms. The summed E-state index contributed by atoms with van der Waals surface area (Å²) in [6, 6.07) is -0.876. The molecule has 0 aliphatic carbocycles. The van der Waals surface area contributed by atoms with Crippen molar-refractivity contribution in [3.63, 3.8) is 0 Å². The number of carbonyl (C=O) groups is 3. The zero-order chi connectivity index (χ0) is 35.3. The first-order chi connectivity index (χ1) is 23.4. The van der Waals surface area contributed by atoms with Crippen molar-refractivity contribution in [3.8, 4) is 0 Å². The van der Waals surface area contributed by atoms with Gasteiger partial charge in [-0.25, -0.2) is 4.79 Å². The van der Waals surface area contributed by atoms with Crippen LogP contribution in [0.3, 0.4) is 0 Å². The van der Waals surface area contributed by atoms with E-state index in [0.29, 0.717) is 38.6 Å². The van der Waals surface area contributed by atoms with Gasteiger partial charge >= 0.3 is 11.9 Å². The first kappa shape index (κ1) is 45.1. The van der Waals surface area contributed by atoms with Crippen LogP contribution in [0, 0.1) is 0 Å². The fourth-order valence-electron chi connectivity index (χ4n) is 5.18. The fraction of sp³-hybridized carbons (Fsp3) is 0.683. The molecular formula is C41H70N2O5. The van der Waals surface area contributed by atoms with Crippen LogP contribution in [0.5, 0.6) is 0 Å². The Balaban J connectivity index is 4.23. The SMILES string of the molecule is CC/C=C\C/C=C\C/C=C\CCCCCCCCCC(=O)OC(/C=C\C/C=C\CCC)CCCCCCC(=O)NC(CCCN)C(=O)O. The number of amides is 1. The molecule has 0 aromatic rings. The first-order valence-electron chi connectivity index (χ1n) is 19.1. The molecule has 0 heterocycles. The van der Waals surface area contributed by atoms with Crippen LogP contribution in [0.2, 0.25) is 0 Å². The van der Waals surface area contributed by atoms with Crippen LogP contribution in [-0.4, -0.2) is 41.6 Å². The lowest BCUT2D eigenvalue weighted by atomic mass is 10.1. The van der Waals surface area contributed by atoms with E-state index in [1.807, 2.05) is 6.08 Å². The predicted molar refractivity (Wildman–Crippen MR) is 202 cm³/mol. The molecule has 274 valence electrons. The first-order valence-corrected chi connectivity index (χ1v) is 19.1. The molecule has 7 nitrogen and oxygen atoms in total. The summed E-state index contributed by atoms with van der Waals surface area (Å²) in [5, 5.41) is 11.9. The highest BCUT2D eigenvalue weighted by Crippen LogP contribution is 2.15. The molecule has 2 unspecified atom stereocenters. The van der Waals surface area contributed by atoms with Gasteiger partial charge in [-0.2, -0.15) is 0 Å². The molecule has 0 saturated carbocycles. The molecule has 48 heavy (non-hydrogen) atoms. The highest BCUT2D eigenvalue weighted by atomic mass is 16.5. The van der Waals surface area contributed by atoms with Crippen molar-refractivity contribution in [1.29, 1.82) is 0 Å². The van der Waals surface area contributed by atoms with Crippen molar-refractivity contribution in [2.45, 2.75) is 174 Å². The zero-order valence-corrected chi connectivity index (χ0v) is 30.6. The summed E-state index contributed by atoms with van der Waals surface area (Å²) in [4.78, 5) is 36.1. The van der Waals surface area contributed by atoms with Gasteiger partial charge in [0.25, 0.3) is 0 Å². The number of carboxylic acid groups (broad SMARTS) is 1. The second-order valence-electron chi connectivity index (χ2n) is 12.6. The Hall–Kier alpha value is -2.93. The molecular weight excluding hydrogens is 600 g/mol. The quantitative estimate of drug-likeness (QED) is 0.0363. The normalized spacial score (nSPS) is 13.4. The number of esters is 1. The summed E-state index contributed by atoms with van der Waals surface area (Å²) in [6.07, 6.45) is 42.9. The van der Waals surface area contributed by atoms with Gasteiger partial charge in [0.1, 0.15) is 12.1 Å². The van der Waals surface area contributed by atoms with Crippen LogP contribution in [0.15, 0.2) is 60.8 Å². The van der Waals surface area contributed by atoms with Crippen LogP contribution in [-0.2, 0) is 19.1 Å². The van der Waals surface area contributed by atoms with Crippen LogP contribution in [0.4, 0.5) is 0 Å². The van der Waals surface area contributed by atoms with Gasteiger partial charge in [-0.05, 0) is 96.1 Å². The van der Waals surface area contributed by atoms with Gasteiger partial charge in [0.2, 0.25) is 5.91 Å². The van der Waals surface area contributed by atoms with Gasteiger partial charge in [0, 0.05) is 12.8 Å². The fourth-order valence-corrected chi connectivity index (χ4v) is 5.18. The van der Waals surface area contributed by atoms with Crippen molar-refractivity contribution in [2.75, 3.05) is 6.54 Å². The van der Waals surface area contributed by atoms with Crippen LogP contribution in [0.1, 0.15) is 162 Å². The second kappa shape index (κ2) is 35.4. The Labute approximate surface area is 293 Å². The van der Waals surface area contributed by atoms with E-state index >= 15 is 0 Å². The Morgan fingerprint density at radius 1 is 0.646 bits per heavy atom. The maximum Gasteiger partial charge on any atom is 0.326 e. The topological polar surface area (TPSA) is 119 Å². The molecule has 0 aliphatic rings. The van der Waals surface area contributed by atoms with E-state index in [-0.39, 0.29) is 18.0 Å². The van der Waals surface area contributed by atoms with Gasteiger partial charge in [-0.3, -0.25) is 9.59 Å². The number of nitrogens with two attached hydrogens (primary N) is 1. The number of hydrogen-bond donors (Lipinski definition) is 3. The number of carboxylic acids is 1. The standard InChI is InChI=1S/C41H70N2O5/c1-3-5-7-9-11-12-13-14-15-16-17-18-19-20-21-23-29-35-40(45)48-37(31-26-22-10-8-6-4-2)32-27-24-25-28-34-39(44)43-38(41(46)47)33-30-36-42/h5,7-8,10-12,14-15,26,31,37-38H,3-4,6,9,13,16-25,27-30,32-36,42H2,1-2H3,(H,43,44)(H,46,47)/b7-5-,10-8-,12-11-,15-14-,31-26-. The number of carbonyl (C=O) groups excluding carboxylic acids is 2. The van der Waals surface area contributed by atoms with Crippen LogP contribution >= 0.6 is 0 Å². The molecule has 0 saturated heterocycles. The van der Waals surface area contributed by atoms with Crippen molar-refractivity contribution in [1.82, 2.24) is 5.32 Å². The lowest BCUT2D eigenvalue weighted by Gasteiger charge is -2.15. The van der Waals surface area contributed by atoms with Gasteiger partial charge in [0.05, 0.1) is 0 Å².